The molecule has 2 rings (SSSR count). The number of nitrogens with two attached hydrogens (primary N) is 1. The van der Waals surface area contributed by atoms with Gasteiger partial charge in [0.1, 0.15) is 0 Å². The van der Waals surface area contributed by atoms with Gasteiger partial charge in [0.05, 0.1) is 0 Å². The van der Waals surface area contributed by atoms with Crippen molar-refractivity contribution in [1.29, 1.82) is 0 Å². The number of hydrogen-bond donors (Lipinski definition) is 1. The Balaban J connectivity index is 2.21. The maximum atomic E-state index is 6.68. The lowest BCUT2D eigenvalue weighted by Gasteiger charge is -2.48. The van der Waals surface area contributed by atoms with Crippen molar-refractivity contribution in [3.8, 4) is 0 Å². The van der Waals surface area contributed by atoms with Gasteiger partial charge < -0.3 is 5.73 Å². The first kappa shape index (κ1) is 12.6. The summed E-state index contributed by atoms with van der Waals surface area (Å²) < 4.78 is 1.23. The van der Waals surface area contributed by atoms with E-state index in [4.69, 9.17) is 5.73 Å². The summed E-state index contributed by atoms with van der Waals surface area (Å²) in [5.41, 5.74) is 6.91. The molecule has 1 fully saturated rings. The minimum Gasteiger partial charge on any atom is -0.324 e. The van der Waals surface area contributed by atoms with E-state index in [0.717, 1.165) is 12.8 Å². The van der Waals surface area contributed by atoms with E-state index < -0.39 is 0 Å². The van der Waals surface area contributed by atoms with Gasteiger partial charge in [-0.3, -0.25) is 0 Å². The van der Waals surface area contributed by atoms with Crippen LogP contribution in [0.2, 0.25) is 0 Å². The van der Waals surface area contributed by atoms with Gasteiger partial charge in [0.2, 0.25) is 0 Å². The van der Waals surface area contributed by atoms with Crippen molar-refractivity contribution < 1.29 is 0 Å². The minimum atomic E-state index is -0.0291. The second-order valence-electron chi connectivity index (χ2n) is 5.62. The van der Waals surface area contributed by atoms with Gasteiger partial charge in [-0.15, -0.1) is 11.3 Å². The molecule has 1 aromatic heterocycles. The molecule has 1 unspecified atom stereocenters. The Labute approximate surface area is 111 Å². The van der Waals surface area contributed by atoms with Crippen molar-refractivity contribution in [2.75, 3.05) is 0 Å². The molecular formula is C13H20BrNS. The summed E-state index contributed by atoms with van der Waals surface area (Å²) in [6.07, 6.45) is 6.04. The van der Waals surface area contributed by atoms with Crippen LogP contribution >= 0.6 is 27.3 Å². The molecule has 1 heterocycles. The van der Waals surface area contributed by atoms with Crippen molar-refractivity contribution in [3.63, 3.8) is 0 Å². The molecule has 1 atom stereocenters. The summed E-state index contributed by atoms with van der Waals surface area (Å²) >= 11 is 5.43. The first-order valence-electron chi connectivity index (χ1n) is 5.95. The molecule has 2 N–H and O–H groups in total. The summed E-state index contributed by atoms with van der Waals surface area (Å²) in [7, 11) is 0. The van der Waals surface area contributed by atoms with E-state index in [9.17, 15) is 0 Å². The summed E-state index contributed by atoms with van der Waals surface area (Å²) in [5, 5.41) is 2.14. The highest BCUT2D eigenvalue weighted by Gasteiger charge is 2.43. The van der Waals surface area contributed by atoms with Gasteiger partial charge in [-0.2, -0.15) is 0 Å². The van der Waals surface area contributed by atoms with E-state index in [1.165, 1.54) is 28.6 Å². The Hall–Kier alpha value is 0.140. The van der Waals surface area contributed by atoms with Gasteiger partial charge >= 0.3 is 0 Å². The molecule has 90 valence electrons. The van der Waals surface area contributed by atoms with Crippen LogP contribution in [0.4, 0.5) is 0 Å². The standard InChI is InChI=1S/C13H20BrNS/c1-12(2)6-3-4-7-13(12,15)9-11-10(14)5-8-16-11/h5,8H,3-4,6-7,9,15H2,1-2H3. The smallest absolute Gasteiger partial charge is 0.0315 e. The van der Waals surface area contributed by atoms with Crippen molar-refractivity contribution in [1.82, 2.24) is 0 Å². The molecule has 1 aliphatic carbocycles. The largest absolute Gasteiger partial charge is 0.324 e. The molecule has 0 amide bonds. The van der Waals surface area contributed by atoms with Crippen molar-refractivity contribution in [2.24, 2.45) is 11.1 Å². The SMILES string of the molecule is CC1(C)CCCCC1(N)Cc1sccc1Br. The zero-order chi connectivity index (χ0) is 11.8. The Morgan fingerprint density at radius 1 is 1.38 bits per heavy atom. The fourth-order valence-electron chi connectivity index (χ4n) is 2.66. The summed E-state index contributed by atoms with van der Waals surface area (Å²) in [5.74, 6) is 0. The molecule has 1 aromatic rings. The lowest BCUT2D eigenvalue weighted by Crippen LogP contribution is -2.56. The van der Waals surface area contributed by atoms with Crippen LogP contribution < -0.4 is 5.73 Å². The second kappa shape index (κ2) is 4.43. The quantitative estimate of drug-likeness (QED) is 0.863. The first-order chi connectivity index (χ1) is 7.45. The third kappa shape index (κ3) is 2.22. The average molecular weight is 302 g/mol. The Bertz CT molecular complexity index is 372. The number of hydrogen-bond acceptors (Lipinski definition) is 2. The van der Waals surface area contributed by atoms with Crippen molar-refractivity contribution in [2.45, 2.75) is 51.5 Å². The summed E-state index contributed by atoms with van der Waals surface area (Å²) in [6.45, 7) is 4.65. The normalized spacial score (nSPS) is 29.2. The van der Waals surface area contributed by atoms with Gasteiger partial charge in [0, 0.05) is 21.3 Å². The van der Waals surface area contributed by atoms with Crippen LogP contribution in [0, 0.1) is 5.41 Å². The zero-order valence-electron chi connectivity index (χ0n) is 10.1. The molecule has 1 aliphatic rings. The van der Waals surface area contributed by atoms with Gasteiger partial charge in [-0.05, 0) is 45.6 Å². The second-order valence-corrected chi connectivity index (χ2v) is 7.47. The molecule has 0 spiro atoms. The van der Waals surface area contributed by atoms with Gasteiger partial charge in [0.15, 0.2) is 0 Å². The lowest BCUT2D eigenvalue weighted by molar-refractivity contribution is 0.0996. The molecule has 0 bridgehead atoms. The van der Waals surface area contributed by atoms with E-state index in [1.807, 2.05) is 11.3 Å². The summed E-state index contributed by atoms with van der Waals surface area (Å²) in [6, 6.07) is 2.12. The fourth-order valence-corrected chi connectivity index (χ4v) is 4.28. The zero-order valence-corrected chi connectivity index (χ0v) is 12.5. The van der Waals surface area contributed by atoms with Crippen LogP contribution in [0.25, 0.3) is 0 Å². The Morgan fingerprint density at radius 2 is 2.06 bits per heavy atom. The van der Waals surface area contributed by atoms with Crippen LogP contribution in [0.5, 0.6) is 0 Å². The minimum absolute atomic E-state index is 0.0291. The molecule has 1 nitrogen and oxygen atoms in total. The van der Waals surface area contributed by atoms with E-state index in [1.54, 1.807) is 0 Å². The highest BCUT2D eigenvalue weighted by atomic mass is 79.9. The number of thiophene rings is 1. The number of rotatable bonds is 2. The third-order valence-electron chi connectivity index (χ3n) is 4.19. The number of halogens is 1. The molecule has 0 aliphatic heterocycles. The molecule has 0 aromatic carbocycles. The predicted molar refractivity (Wildman–Crippen MR) is 74.9 cm³/mol. The molecule has 0 saturated heterocycles. The van der Waals surface area contributed by atoms with E-state index in [2.05, 4.69) is 41.2 Å². The van der Waals surface area contributed by atoms with Crippen LogP contribution in [0.3, 0.4) is 0 Å². The highest BCUT2D eigenvalue weighted by Crippen LogP contribution is 2.45. The van der Waals surface area contributed by atoms with Gasteiger partial charge in [-0.25, -0.2) is 0 Å². The van der Waals surface area contributed by atoms with Crippen LogP contribution in [0.1, 0.15) is 44.4 Å². The molecule has 0 radical (unpaired) electrons. The van der Waals surface area contributed by atoms with E-state index in [-0.39, 0.29) is 11.0 Å². The highest BCUT2D eigenvalue weighted by molar-refractivity contribution is 9.10. The maximum Gasteiger partial charge on any atom is 0.0315 e. The van der Waals surface area contributed by atoms with Crippen LogP contribution in [-0.2, 0) is 6.42 Å². The van der Waals surface area contributed by atoms with E-state index in [0.29, 0.717) is 0 Å². The molecule has 3 heteroatoms. The molecular weight excluding hydrogens is 282 g/mol. The van der Waals surface area contributed by atoms with Crippen LogP contribution in [-0.4, -0.2) is 5.54 Å². The van der Waals surface area contributed by atoms with Gasteiger partial charge in [-0.1, -0.05) is 26.7 Å². The Kier molecular flexibility index (Phi) is 3.49. The monoisotopic (exact) mass is 301 g/mol. The molecule has 1 saturated carbocycles. The fraction of sp³-hybridized carbons (Fsp3) is 0.692. The maximum absolute atomic E-state index is 6.68. The van der Waals surface area contributed by atoms with Crippen LogP contribution in [0.15, 0.2) is 15.9 Å². The lowest BCUT2D eigenvalue weighted by atomic mass is 9.62. The van der Waals surface area contributed by atoms with E-state index >= 15 is 0 Å². The van der Waals surface area contributed by atoms with Crippen molar-refractivity contribution in [3.05, 3.63) is 20.8 Å². The van der Waals surface area contributed by atoms with Gasteiger partial charge in [0.25, 0.3) is 0 Å². The first-order valence-corrected chi connectivity index (χ1v) is 7.63. The molecule has 16 heavy (non-hydrogen) atoms. The average Bonchev–Trinajstić information content (AvgIpc) is 2.58. The summed E-state index contributed by atoms with van der Waals surface area (Å²) in [4.78, 5) is 1.40. The predicted octanol–water partition coefficient (Wildman–Crippen LogP) is 4.35. The third-order valence-corrected chi connectivity index (χ3v) is 6.12. The Morgan fingerprint density at radius 3 is 2.62 bits per heavy atom. The van der Waals surface area contributed by atoms with Crippen molar-refractivity contribution >= 4 is 27.3 Å². The topological polar surface area (TPSA) is 26.0 Å².